The fourth-order valence-corrected chi connectivity index (χ4v) is 3.19. The van der Waals surface area contributed by atoms with Crippen molar-refractivity contribution in [1.29, 1.82) is 0 Å². The lowest BCUT2D eigenvalue weighted by atomic mass is 10.3. The molecular formula is C15H15ClN2O3S. The van der Waals surface area contributed by atoms with E-state index in [1.54, 1.807) is 6.92 Å². The molecule has 0 aliphatic rings. The summed E-state index contributed by atoms with van der Waals surface area (Å²) in [4.78, 5) is 11.7. The van der Waals surface area contributed by atoms with Crippen molar-refractivity contribution in [2.24, 2.45) is 0 Å². The summed E-state index contributed by atoms with van der Waals surface area (Å²) in [5.41, 5.74) is 0.515. The van der Waals surface area contributed by atoms with Crippen LogP contribution >= 0.6 is 11.6 Å². The summed E-state index contributed by atoms with van der Waals surface area (Å²) in [5.74, 6) is 0. The molecule has 0 saturated carbocycles. The molecule has 0 spiro atoms. The Kier molecular flexibility index (Phi) is 5.05. The zero-order valence-electron chi connectivity index (χ0n) is 11.8. The summed E-state index contributed by atoms with van der Waals surface area (Å²) in [6, 6.07) is 11.6. The monoisotopic (exact) mass is 338 g/mol. The third-order valence-corrected chi connectivity index (χ3v) is 4.92. The number of hydrogen-bond acceptors (Lipinski definition) is 3. The van der Waals surface area contributed by atoms with Gasteiger partial charge in [-0.2, -0.15) is 0 Å². The van der Waals surface area contributed by atoms with Gasteiger partial charge in [-0.25, -0.2) is 13.2 Å². The number of carbonyl (C=O) groups is 1. The number of rotatable bonds is 4. The molecule has 5 nitrogen and oxygen atoms in total. The number of amides is 2. The van der Waals surface area contributed by atoms with E-state index in [1.165, 1.54) is 48.5 Å². The van der Waals surface area contributed by atoms with E-state index in [0.717, 1.165) is 0 Å². The van der Waals surface area contributed by atoms with E-state index in [2.05, 4.69) is 10.6 Å². The van der Waals surface area contributed by atoms with E-state index in [0.29, 0.717) is 17.3 Å². The molecule has 0 fully saturated rings. The summed E-state index contributed by atoms with van der Waals surface area (Å²) in [6.45, 7) is 2.32. The largest absolute Gasteiger partial charge is 0.338 e. The molecule has 0 atom stereocenters. The van der Waals surface area contributed by atoms with E-state index >= 15 is 0 Å². The van der Waals surface area contributed by atoms with Crippen molar-refractivity contribution in [2.45, 2.75) is 16.7 Å². The van der Waals surface area contributed by atoms with Gasteiger partial charge in [0, 0.05) is 17.3 Å². The highest BCUT2D eigenvalue weighted by molar-refractivity contribution is 7.91. The Hall–Kier alpha value is -2.05. The normalized spacial score (nSPS) is 11.0. The van der Waals surface area contributed by atoms with Crippen LogP contribution in [0, 0.1) is 0 Å². The SMILES string of the molecule is CCNC(=O)Nc1ccc(S(=O)(=O)c2ccc(Cl)cc2)cc1. The van der Waals surface area contributed by atoms with Crippen LogP contribution in [-0.4, -0.2) is 21.0 Å². The molecule has 2 amide bonds. The van der Waals surface area contributed by atoms with Gasteiger partial charge in [0.2, 0.25) is 9.84 Å². The van der Waals surface area contributed by atoms with Gasteiger partial charge in [-0.1, -0.05) is 11.6 Å². The number of anilines is 1. The van der Waals surface area contributed by atoms with Crippen molar-refractivity contribution in [3.8, 4) is 0 Å². The second-order valence-corrected chi connectivity index (χ2v) is 6.85. The molecule has 116 valence electrons. The minimum Gasteiger partial charge on any atom is -0.338 e. The molecule has 0 heterocycles. The number of hydrogen-bond donors (Lipinski definition) is 2. The molecule has 2 aromatic carbocycles. The first kappa shape index (κ1) is 16.3. The van der Waals surface area contributed by atoms with Crippen molar-refractivity contribution in [2.75, 3.05) is 11.9 Å². The van der Waals surface area contributed by atoms with E-state index in [4.69, 9.17) is 11.6 Å². The molecule has 0 aromatic heterocycles. The lowest BCUT2D eigenvalue weighted by Gasteiger charge is -2.08. The first-order valence-corrected chi connectivity index (χ1v) is 8.45. The molecule has 0 radical (unpaired) electrons. The Balaban J connectivity index is 2.22. The van der Waals surface area contributed by atoms with Crippen molar-refractivity contribution < 1.29 is 13.2 Å². The van der Waals surface area contributed by atoms with E-state index < -0.39 is 9.84 Å². The lowest BCUT2D eigenvalue weighted by Crippen LogP contribution is -2.28. The molecule has 2 rings (SSSR count). The molecule has 0 saturated heterocycles. The number of urea groups is 1. The summed E-state index contributed by atoms with van der Waals surface area (Å²) in [5, 5.41) is 5.67. The Morgan fingerprint density at radius 3 is 2.00 bits per heavy atom. The van der Waals surface area contributed by atoms with Gasteiger partial charge in [-0.05, 0) is 55.5 Å². The van der Waals surface area contributed by atoms with Crippen molar-refractivity contribution in [1.82, 2.24) is 5.32 Å². The highest BCUT2D eigenvalue weighted by Crippen LogP contribution is 2.23. The highest BCUT2D eigenvalue weighted by Gasteiger charge is 2.17. The van der Waals surface area contributed by atoms with E-state index in [1.807, 2.05) is 0 Å². The van der Waals surface area contributed by atoms with Crippen molar-refractivity contribution in [3.63, 3.8) is 0 Å². The summed E-state index contributed by atoms with van der Waals surface area (Å²) in [6.07, 6.45) is 0. The second-order valence-electron chi connectivity index (χ2n) is 4.47. The van der Waals surface area contributed by atoms with Crippen LogP contribution in [0.25, 0.3) is 0 Å². The Morgan fingerprint density at radius 1 is 1.00 bits per heavy atom. The molecule has 2 aromatic rings. The standard InChI is InChI=1S/C15H15ClN2O3S/c1-2-17-15(19)18-12-5-9-14(10-6-12)22(20,21)13-7-3-11(16)4-8-13/h3-10H,2H2,1H3,(H2,17,18,19). The maximum absolute atomic E-state index is 12.4. The molecule has 2 N–H and O–H groups in total. The van der Waals surface area contributed by atoms with Crippen LogP contribution in [0.1, 0.15) is 6.92 Å². The zero-order chi connectivity index (χ0) is 16.2. The average molecular weight is 339 g/mol. The van der Waals surface area contributed by atoms with Gasteiger partial charge < -0.3 is 10.6 Å². The summed E-state index contributed by atoms with van der Waals surface area (Å²) >= 11 is 5.76. The minimum absolute atomic E-state index is 0.149. The predicted molar refractivity (Wildman–Crippen MR) is 86.0 cm³/mol. The fourth-order valence-electron chi connectivity index (χ4n) is 1.80. The van der Waals surface area contributed by atoms with Crippen LogP contribution in [0.15, 0.2) is 58.3 Å². The second kappa shape index (κ2) is 6.81. The number of benzene rings is 2. The molecule has 0 bridgehead atoms. The van der Waals surface area contributed by atoms with Gasteiger partial charge in [-0.15, -0.1) is 0 Å². The first-order valence-electron chi connectivity index (χ1n) is 6.59. The number of sulfone groups is 1. The molecule has 22 heavy (non-hydrogen) atoms. The van der Waals surface area contributed by atoms with Crippen molar-refractivity contribution in [3.05, 3.63) is 53.6 Å². The minimum atomic E-state index is -3.60. The van der Waals surface area contributed by atoms with Crippen LogP contribution in [0.4, 0.5) is 10.5 Å². The van der Waals surface area contributed by atoms with E-state index in [-0.39, 0.29) is 15.8 Å². The lowest BCUT2D eigenvalue weighted by molar-refractivity contribution is 0.252. The number of halogens is 1. The van der Waals surface area contributed by atoms with Crippen LogP contribution < -0.4 is 10.6 Å². The predicted octanol–water partition coefficient (Wildman–Crippen LogP) is 3.31. The van der Waals surface area contributed by atoms with Gasteiger partial charge in [0.05, 0.1) is 9.79 Å². The highest BCUT2D eigenvalue weighted by atomic mass is 35.5. The van der Waals surface area contributed by atoms with Gasteiger partial charge >= 0.3 is 6.03 Å². The third kappa shape index (κ3) is 3.78. The Bertz CT molecular complexity index is 756. The van der Waals surface area contributed by atoms with Gasteiger partial charge in [0.15, 0.2) is 0 Å². The maximum Gasteiger partial charge on any atom is 0.319 e. The van der Waals surface area contributed by atoms with Gasteiger partial charge in [0.25, 0.3) is 0 Å². The van der Waals surface area contributed by atoms with Gasteiger partial charge in [0.1, 0.15) is 0 Å². The van der Waals surface area contributed by atoms with Crippen LogP contribution in [-0.2, 0) is 9.84 Å². The van der Waals surface area contributed by atoms with Crippen molar-refractivity contribution >= 4 is 33.2 Å². The number of carbonyl (C=O) groups excluding carboxylic acids is 1. The van der Waals surface area contributed by atoms with Gasteiger partial charge in [-0.3, -0.25) is 0 Å². The van der Waals surface area contributed by atoms with Crippen LogP contribution in [0.2, 0.25) is 5.02 Å². The topological polar surface area (TPSA) is 75.3 Å². The average Bonchev–Trinajstić information content (AvgIpc) is 2.48. The third-order valence-electron chi connectivity index (χ3n) is 2.88. The summed E-state index contributed by atoms with van der Waals surface area (Å²) in [7, 11) is -3.60. The maximum atomic E-state index is 12.4. The van der Waals surface area contributed by atoms with E-state index in [9.17, 15) is 13.2 Å². The smallest absolute Gasteiger partial charge is 0.319 e. The number of nitrogens with one attached hydrogen (secondary N) is 2. The van der Waals surface area contributed by atoms with Crippen LogP contribution in [0.5, 0.6) is 0 Å². The van der Waals surface area contributed by atoms with Crippen LogP contribution in [0.3, 0.4) is 0 Å². The fraction of sp³-hybridized carbons (Fsp3) is 0.133. The zero-order valence-corrected chi connectivity index (χ0v) is 13.4. The Morgan fingerprint density at radius 2 is 1.50 bits per heavy atom. The Labute approximate surface area is 134 Å². The first-order chi connectivity index (χ1) is 10.4. The molecule has 7 heteroatoms. The summed E-state index contributed by atoms with van der Waals surface area (Å²) < 4.78 is 24.9. The molecule has 0 aliphatic heterocycles. The molecule has 0 aliphatic carbocycles. The molecular weight excluding hydrogens is 324 g/mol. The quantitative estimate of drug-likeness (QED) is 0.898. The molecule has 0 unspecified atom stereocenters.